The zero-order chi connectivity index (χ0) is 13.9. The molecule has 0 amide bonds. The van der Waals surface area contributed by atoms with Gasteiger partial charge in [-0.05, 0) is 29.3 Å². The summed E-state index contributed by atoms with van der Waals surface area (Å²) in [5, 5.41) is 3.28. The third-order valence-electron chi connectivity index (χ3n) is 3.13. The van der Waals surface area contributed by atoms with Gasteiger partial charge in [-0.25, -0.2) is 4.39 Å². The summed E-state index contributed by atoms with van der Waals surface area (Å²) in [7, 11) is 0. The van der Waals surface area contributed by atoms with Crippen molar-refractivity contribution >= 4 is 12.2 Å². The van der Waals surface area contributed by atoms with E-state index in [1.807, 2.05) is 41.1 Å². The molecule has 0 atom stereocenters. The second-order valence-electron chi connectivity index (χ2n) is 4.59. The molecule has 1 N–H and O–H groups in total. The normalized spacial score (nSPS) is 10.7. The van der Waals surface area contributed by atoms with Gasteiger partial charge in [-0.2, -0.15) is 0 Å². The number of rotatable bonds is 3. The van der Waals surface area contributed by atoms with Gasteiger partial charge in [-0.1, -0.05) is 54.7 Å². The summed E-state index contributed by atoms with van der Waals surface area (Å²) in [6.45, 7) is 0.603. The average Bonchev–Trinajstić information content (AvgIpc) is 2.84. The summed E-state index contributed by atoms with van der Waals surface area (Å²) in [6, 6.07) is 18.4. The van der Waals surface area contributed by atoms with Crippen LogP contribution in [0.25, 0.3) is 11.3 Å². The largest absolute Gasteiger partial charge is 0.297 e. The van der Waals surface area contributed by atoms with E-state index in [0.717, 1.165) is 21.5 Å². The molecule has 0 bridgehead atoms. The van der Waals surface area contributed by atoms with E-state index in [1.165, 1.54) is 12.1 Å². The smallest absolute Gasteiger partial charge is 0.123 e. The molecule has 4 heteroatoms. The van der Waals surface area contributed by atoms with Crippen LogP contribution in [0.3, 0.4) is 0 Å². The van der Waals surface area contributed by atoms with E-state index in [1.54, 1.807) is 12.1 Å². The number of H-pyrrole nitrogens is 1. The van der Waals surface area contributed by atoms with Gasteiger partial charge in [0.2, 0.25) is 0 Å². The van der Waals surface area contributed by atoms with E-state index in [2.05, 4.69) is 5.10 Å². The molecular weight excluding hydrogens is 271 g/mol. The third kappa shape index (κ3) is 2.70. The first-order valence-corrected chi connectivity index (χ1v) is 6.73. The van der Waals surface area contributed by atoms with Crippen molar-refractivity contribution in [2.24, 2.45) is 0 Å². The lowest BCUT2D eigenvalue weighted by atomic mass is 10.2. The number of halogens is 1. The summed E-state index contributed by atoms with van der Waals surface area (Å²) >= 11 is 5.36. The molecule has 1 aromatic heterocycles. The van der Waals surface area contributed by atoms with Crippen molar-refractivity contribution in [3.05, 3.63) is 76.7 Å². The van der Waals surface area contributed by atoms with Gasteiger partial charge in [-0.15, -0.1) is 0 Å². The molecule has 0 radical (unpaired) electrons. The van der Waals surface area contributed by atoms with Gasteiger partial charge in [0.05, 0.1) is 12.2 Å². The summed E-state index contributed by atoms with van der Waals surface area (Å²) in [4.78, 5) is 0. The molecule has 3 aromatic rings. The quantitative estimate of drug-likeness (QED) is 0.707. The second-order valence-corrected chi connectivity index (χ2v) is 5.00. The first kappa shape index (κ1) is 12.8. The van der Waals surface area contributed by atoms with E-state index < -0.39 is 0 Å². The lowest BCUT2D eigenvalue weighted by molar-refractivity contribution is 0.624. The molecule has 2 nitrogen and oxygen atoms in total. The lowest BCUT2D eigenvalue weighted by Gasteiger charge is -2.04. The highest BCUT2D eigenvalue weighted by atomic mass is 32.1. The van der Waals surface area contributed by atoms with Crippen LogP contribution in [-0.2, 0) is 6.54 Å². The Morgan fingerprint density at radius 1 is 1.00 bits per heavy atom. The number of benzene rings is 2. The van der Waals surface area contributed by atoms with Crippen LogP contribution in [0.4, 0.5) is 4.39 Å². The van der Waals surface area contributed by atoms with Crippen LogP contribution in [0.1, 0.15) is 5.56 Å². The van der Waals surface area contributed by atoms with Crippen molar-refractivity contribution in [1.29, 1.82) is 0 Å². The van der Waals surface area contributed by atoms with Crippen molar-refractivity contribution in [2.45, 2.75) is 6.54 Å². The minimum absolute atomic E-state index is 0.228. The fourth-order valence-corrected chi connectivity index (χ4v) is 2.32. The molecule has 100 valence electrons. The Morgan fingerprint density at radius 3 is 2.40 bits per heavy atom. The number of nitrogens with one attached hydrogen (secondary N) is 1. The summed E-state index contributed by atoms with van der Waals surface area (Å²) in [5.41, 5.74) is 3.08. The molecule has 2 aromatic carbocycles. The number of hydrogen-bond donors (Lipinski definition) is 1. The van der Waals surface area contributed by atoms with Crippen LogP contribution < -0.4 is 0 Å². The Balaban J connectivity index is 1.90. The van der Waals surface area contributed by atoms with Gasteiger partial charge < -0.3 is 0 Å². The van der Waals surface area contributed by atoms with Crippen LogP contribution in [-0.4, -0.2) is 9.78 Å². The van der Waals surface area contributed by atoms with Crippen LogP contribution in [0, 0.1) is 10.5 Å². The van der Waals surface area contributed by atoms with Crippen molar-refractivity contribution in [2.75, 3.05) is 0 Å². The maximum absolute atomic E-state index is 12.9. The predicted molar refractivity (Wildman–Crippen MR) is 80.6 cm³/mol. The molecule has 0 fully saturated rings. The van der Waals surface area contributed by atoms with E-state index in [4.69, 9.17) is 12.2 Å². The fourth-order valence-electron chi connectivity index (χ4n) is 2.09. The number of nitrogens with zero attached hydrogens (tertiary/aromatic N) is 1. The molecule has 3 rings (SSSR count). The van der Waals surface area contributed by atoms with Crippen LogP contribution >= 0.6 is 12.2 Å². The molecular formula is C16H13FN2S. The standard InChI is InChI=1S/C16H13FN2S/c17-14-8-6-12(7-9-14)11-19-16(20)10-15(18-19)13-4-2-1-3-5-13/h1-10,18H,11H2. The van der Waals surface area contributed by atoms with E-state index in [9.17, 15) is 4.39 Å². The number of aromatic amines is 1. The highest BCUT2D eigenvalue weighted by Gasteiger charge is 2.03. The Bertz CT molecular complexity index is 757. The maximum atomic E-state index is 12.9. The molecule has 0 aliphatic carbocycles. The predicted octanol–water partition coefficient (Wildman–Crippen LogP) is 4.40. The van der Waals surface area contributed by atoms with Crippen molar-refractivity contribution in [3.8, 4) is 11.3 Å². The zero-order valence-corrected chi connectivity index (χ0v) is 11.5. The van der Waals surface area contributed by atoms with Crippen molar-refractivity contribution < 1.29 is 4.39 Å². The molecule has 0 saturated heterocycles. The number of hydrogen-bond acceptors (Lipinski definition) is 1. The monoisotopic (exact) mass is 284 g/mol. The Kier molecular flexibility index (Phi) is 3.48. The van der Waals surface area contributed by atoms with Crippen molar-refractivity contribution in [3.63, 3.8) is 0 Å². The van der Waals surface area contributed by atoms with Crippen molar-refractivity contribution in [1.82, 2.24) is 9.78 Å². The molecule has 0 saturated carbocycles. The van der Waals surface area contributed by atoms with Gasteiger partial charge in [0.15, 0.2) is 0 Å². The molecule has 0 aliphatic rings. The number of aromatic nitrogens is 2. The lowest BCUT2D eigenvalue weighted by Crippen LogP contribution is -2.01. The molecule has 1 heterocycles. The fraction of sp³-hybridized carbons (Fsp3) is 0.0625. The Hall–Kier alpha value is -2.20. The van der Waals surface area contributed by atoms with E-state index in [0.29, 0.717) is 6.54 Å². The SMILES string of the molecule is Fc1ccc(Cn2[nH]c(-c3ccccc3)cc2=S)cc1. The highest BCUT2D eigenvalue weighted by Crippen LogP contribution is 2.17. The Labute approximate surface area is 121 Å². The summed E-state index contributed by atoms with van der Waals surface area (Å²) in [6.07, 6.45) is 0. The topological polar surface area (TPSA) is 20.7 Å². The zero-order valence-electron chi connectivity index (χ0n) is 10.7. The first-order valence-electron chi connectivity index (χ1n) is 6.32. The minimum atomic E-state index is -0.228. The maximum Gasteiger partial charge on any atom is 0.123 e. The molecule has 0 aliphatic heterocycles. The average molecular weight is 284 g/mol. The van der Waals surface area contributed by atoms with E-state index >= 15 is 0 Å². The van der Waals surface area contributed by atoms with Crippen LogP contribution in [0.15, 0.2) is 60.7 Å². The third-order valence-corrected chi connectivity index (χ3v) is 3.47. The second kappa shape index (κ2) is 5.43. The van der Waals surface area contributed by atoms with Gasteiger partial charge in [0, 0.05) is 0 Å². The summed E-state index contributed by atoms with van der Waals surface area (Å²) in [5.74, 6) is -0.228. The first-order chi connectivity index (χ1) is 9.72. The van der Waals surface area contributed by atoms with Gasteiger partial charge in [-0.3, -0.25) is 9.78 Å². The van der Waals surface area contributed by atoms with Gasteiger partial charge >= 0.3 is 0 Å². The molecule has 0 unspecified atom stereocenters. The van der Waals surface area contributed by atoms with Gasteiger partial charge in [0.1, 0.15) is 10.5 Å². The van der Waals surface area contributed by atoms with Gasteiger partial charge in [0.25, 0.3) is 0 Å². The highest BCUT2D eigenvalue weighted by molar-refractivity contribution is 7.71. The van der Waals surface area contributed by atoms with Crippen LogP contribution in [0.5, 0.6) is 0 Å². The molecule has 20 heavy (non-hydrogen) atoms. The van der Waals surface area contributed by atoms with E-state index in [-0.39, 0.29) is 5.82 Å². The molecule has 0 spiro atoms. The minimum Gasteiger partial charge on any atom is -0.297 e. The van der Waals surface area contributed by atoms with Crippen LogP contribution in [0.2, 0.25) is 0 Å². The Morgan fingerprint density at radius 2 is 1.70 bits per heavy atom. The summed E-state index contributed by atoms with van der Waals surface area (Å²) < 4.78 is 15.5.